The summed E-state index contributed by atoms with van der Waals surface area (Å²) in [7, 11) is 3.98. The molecule has 2 aromatic carbocycles. The quantitative estimate of drug-likeness (QED) is 0.163. The number of likely N-dealkylation sites (N-methyl/N-ethyl adjacent to an activating group) is 1. The number of anilines is 2. The molecule has 1 amide bonds. The van der Waals surface area contributed by atoms with E-state index < -0.39 is 5.41 Å². The number of hydrogen-bond donors (Lipinski definition) is 4. The van der Waals surface area contributed by atoms with Crippen LogP contribution in [-0.4, -0.2) is 68.1 Å². The number of benzene rings is 2. The summed E-state index contributed by atoms with van der Waals surface area (Å²) >= 11 is 0. The third kappa shape index (κ3) is 6.00. The van der Waals surface area contributed by atoms with Gasteiger partial charge in [0.15, 0.2) is 5.82 Å². The Morgan fingerprint density at radius 1 is 0.932 bits per heavy atom. The second kappa shape index (κ2) is 11.5. The lowest BCUT2D eigenvalue weighted by Gasteiger charge is -2.17. The summed E-state index contributed by atoms with van der Waals surface area (Å²) in [5, 5.41) is 14.8. The van der Waals surface area contributed by atoms with Gasteiger partial charge in [-0.1, -0.05) is 26.8 Å². The third-order valence-electron chi connectivity index (χ3n) is 7.26. The molecular weight excluding hydrogens is 557 g/mol. The minimum Gasteiger partial charge on any atom is -0.384 e. The molecular formula is C33H34FN9O. The van der Waals surface area contributed by atoms with Crippen molar-refractivity contribution in [1.29, 1.82) is 0 Å². The lowest BCUT2D eigenvalue weighted by molar-refractivity contribution is -0.123. The van der Waals surface area contributed by atoms with Crippen molar-refractivity contribution in [3.05, 3.63) is 72.9 Å². The first-order valence-corrected chi connectivity index (χ1v) is 14.3. The number of halogens is 1. The van der Waals surface area contributed by atoms with Crippen LogP contribution in [0.25, 0.3) is 55.8 Å². The molecule has 0 aliphatic carbocycles. The Hall–Kier alpha value is -5.16. The maximum Gasteiger partial charge on any atom is 0.229 e. The van der Waals surface area contributed by atoms with E-state index in [-0.39, 0.29) is 11.7 Å². The average Bonchev–Trinajstić information content (AvgIpc) is 3.60. The minimum absolute atomic E-state index is 0.0853. The summed E-state index contributed by atoms with van der Waals surface area (Å²) in [5.41, 5.74) is 6.59. The molecule has 0 radical (unpaired) electrons. The fourth-order valence-corrected chi connectivity index (χ4v) is 4.87. The van der Waals surface area contributed by atoms with Gasteiger partial charge in [0.2, 0.25) is 5.91 Å². The van der Waals surface area contributed by atoms with Crippen LogP contribution in [0.1, 0.15) is 20.8 Å². The van der Waals surface area contributed by atoms with Crippen molar-refractivity contribution < 1.29 is 9.18 Å². The van der Waals surface area contributed by atoms with Gasteiger partial charge in [0.25, 0.3) is 0 Å². The molecule has 6 aromatic rings. The smallest absolute Gasteiger partial charge is 0.229 e. The number of pyridine rings is 2. The molecule has 0 fully saturated rings. The van der Waals surface area contributed by atoms with Crippen LogP contribution in [0.5, 0.6) is 0 Å². The van der Waals surface area contributed by atoms with Crippen molar-refractivity contribution in [3.8, 4) is 33.9 Å². The van der Waals surface area contributed by atoms with Gasteiger partial charge in [0, 0.05) is 53.1 Å². The van der Waals surface area contributed by atoms with Gasteiger partial charge in [0.1, 0.15) is 17.0 Å². The second-order valence-corrected chi connectivity index (χ2v) is 12.1. The summed E-state index contributed by atoms with van der Waals surface area (Å²) in [6, 6.07) is 14.5. The van der Waals surface area contributed by atoms with E-state index in [4.69, 9.17) is 4.98 Å². The zero-order valence-electron chi connectivity index (χ0n) is 25.3. The number of rotatable bonds is 8. The maximum atomic E-state index is 14.7. The molecule has 10 nitrogen and oxygen atoms in total. The maximum absolute atomic E-state index is 14.7. The molecule has 4 heterocycles. The normalized spacial score (nSPS) is 11.9. The highest BCUT2D eigenvalue weighted by Gasteiger charge is 2.22. The number of H-pyrrole nitrogens is 2. The zero-order valence-corrected chi connectivity index (χ0v) is 25.3. The Balaban J connectivity index is 1.35. The molecule has 4 aromatic heterocycles. The van der Waals surface area contributed by atoms with Crippen molar-refractivity contribution in [2.45, 2.75) is 20.8 Å². The van der Waals surface area contributed by atoms with Gasteiger partial charge in [-0.25, -0.2) is 9.37 Å². The van der Waals surface area contributed by atoms with Crippen LogP contribution in [0.2, 0.25) is 0 Å². The standard InChI is InChI=1S/C33H34FN9O/c1-33(2,3)32(44)38-24-14-21(17-35-18-24)19-6-7-26-25(15-19)29(42-41-26)31-39-27-8-9-37-28(30(27)40-31)20-12-22(34)16-23(13-20)36-10-11-43(4)5/h6-9,12-18,36H,10-11H2,1-5H3,(H,38,44)(H,39,40)(H,41,42). The van der Waals surface area contributed by atoms with Crippen molar-refractivity contribution in [2.75, 3.05) is 37.8 Å². The fraction of sp³-hybridized carbons (Fsp3) is 0.242. The lowest BCUT2D eigenvalue weighted by atomic mass is 9.95. The van der Waals surface area contributed by atoms with E-state index in [1.165, 1.54) is 12.1 Å². The molecule has 4 N–H and O–H groups in total. The van der Waals surface area contributed by atoms with Crippen LogP contribution in [0, 0.1) is 11.2 Å². The number of carbonyl (C=O) groups excluding carboxylic acids is 1. The number of hydrogen-bond acceptors (Lipinski definition) is 7. The number of nitrogens with zero attached hydrogens (tertiary/aromatic N) is 5. The summed E-state index contributed by atoms with van der Waals surface area (Å²) in [5.74, 6) is 0.118. The first-order chi connectivity index (χ1) is 21.0. The highest BCUT2D eigenvalue weighted by molar-refractivity contribution is 5.98. The van der Waals surface area contributed by atoms with Gasteiger partial charge in [-0.05, 0) is 62.1 Å². The molecule has 0 unspecified atom stereocenters. The van der Waals surface area contributed by atoms with Gasteiger partial charge in [-0.2, -0.15) is 5.10 Å². The molecule has 44 heavy (non-hydrogen) atoms. The average molecular weight is 592 g/mol. The van der Waals surface area contributed by atoms with E-state index in [9.17, 15) is 9.18 Å². The molecule has 0 saturated heterocycles. The minimum atomic E-state index is -0.525. The van der Waals surface area contributed by atoms with Crippen LogP contribution in [0.4, 0.5) is 15.8 Å². The van der Waals surface area contributed by atoms with E-state index in [1.54, 1.807) is 18.6 Å². The van der Waals surface area contributed by atoms with Gasteiger partial charge >= 0.3 is 0 Å². The Morgan fingerprint density at radius 2 is 1.75 bits per heavy atom. The Kier molecular flexibility index (Phi) is 7.56. The van der Waals surface area contributed by atoms with Crippen LogP contribution in [-0.2, 0) is 4.79 Å². The van der Waals surface area contributed by atoms with Crippen LogP contribution in [0.15, 0.2) is 67.1 Å². The highest BCUT2D eigenvalue weighted by atomic mass is 19.1. The number of imidazole rings is 1. The van der Waals surface area contributed by atoms with E-state index in [0.29, 0.717) is 46.2 Å². The van der Waals surface area contributed by atoms with Crippen LogP contribution in [0.3, 0.4) is 0 Å². The number of amides is 1. The predicted molar refractivity (Wildman–Crippen MR) is 173 cm³/mol. The lowest BCUT2D eigenvalue weighted by Crippen LogP contribution is -2.27. The first-order valence-electron chi connectivity index (χ1n) is 14.3. The topological polar surface area (TPSA) is 128 Å². The molecule has 0 bridgehead atoms. The van der Waals surface area contributed by atoms with Crippen molar-refractivity contribution in [2.24, 2.45) is 5.41 Å². The Morgan fingerprint density at radius 3 is 2.55 bits per heavy atom. The highest BCUT2D eigenvalue weighted by Crippen LogP contribution is 2.33. The predicted octanol–water partition coefficient (Wildman–Crippen LogP) is 6.33. The third-order valence-corrected chi connectivity index (χ3v) is 7.26. The second-order valence-electron chi connectivity index (χ2n) is 12.1. The summed E-state index contributed by atoms with van der Waals surface area (Å²) in [4.78, 5) is 31.8. The largest absolute Gasteiger partial charge is 0.384 e. The van der Waals surface area contributed by atoms with Gasteiger partial charge in [0.05, 0.1) is 28.6 Å². The van der Waals surface area contributed by atoms with E-state index in [2.05, 4.69) is 40.7 Å². The van der Waals surface area contributed by atoms with E-state index in [1.807, 2.05) is 71.3 Å². The first kappa shape index (κ1) is 28.9. The molecule has 11 heteroatoms. The van der Waals surface area contributed by atoms with Crippen molar-refractivity contribution in [1.82, 2.24) is 35.0 Å². The van der Waals surface area contributed by atoms with E-state index >= 15 is 0 Å². The van der Waals surface area contributed by atoms with Gasteiger partial charge < -0.3 is 20.5 Å². The number of fused-ring (bicyclic) bond motifs is 2. The number of aromatic amines is 2. The molecule has 0 spiro atoms. The van der Waals surface area contributed by atoms with Crippen LogP contribution >= 0.6 is 0 Å². The van der Waals surface area contributed by atoms with E-state index in [0.717, 1.165) is 34.1 Å². The summed E-state index contributed by atoms with van der Waals surface area (Å²) in [6.07, 6.45) is 5.08. The number of nitrogens with one attached hydrogen (secondary N) is 4. The Labute approximate surface area is 254 Å². The zero-order chi connectivity index (χ0) is 31.0. The number of aromatic nitrogens is 6. The SMILES string of the molecule is CN(C)CCNc1cc(F)cc(-c2nccc3[nH]c(-c4n[nH]c5ccc(-c6cncc(NC(=O)C(C)(C)C)c6)cc45)nc23)c1. The van der Waals surface area contributed by atoms with Gasteiger partial charge in [-0.3, -0.25) is 19.9 Å². The fourth-order valence-electron chi connectivity index (χ4n) is 4.87. The molecule has 0 aliphatic rings. The summed E-state index contributed by atoms with van der Waals surface area (Å²) in [6.45, 7) is 7.10. The van der Waals surface area contributed by atoms with Gasteiger partial charge in [-0.15, -0.1) is 0 Å². The molecule has 0 atom stereocenters. The molecule has 6 rings (SSSR count). The molecule has 0 aliphatic heterocycles. The monoisotopic (exact) mass is 591 g/mol. The molecule has 0 saturated carbocycles. The Bertz CT molecular complexity index is 1990. The summed E-state index contributed by atoms with van der Waals surface area (Å²) < 4.78 is 14.7. The number of carbonyl (C=O) groups is 1. The van der Waals surface area contributed by atoms with Crippen LogP contribution < -0.4 is 10.6 Å². The van der Waals surface area contributed by atoms with Crippen molar-refractivity contribution in [3.63, 3.8) is 0 Å². The molecule has 224 valence electrons. The van der Waals surface area contributed by atoms with Crippen molar-refractivity contribution >= 4 is 39.2 Å².